The quantitative estimate of drug-likeness (QED) is 0.327. The molecule has 0 unspecified atom stereocenters. The van der Waals surface area contributed by atoms with E-state index < -0.39 is 0 Å². The topological polar surface area (TPSA) is 31.9 Å². The first-order valence-electron chi connectivity index (χ1n) is 9.96. The Morgan fingerprint density at radius 1 is 0.828 bits per heavy atom. The molecule has 0 aliphatic carbocycles. The van der Waals surface area contributed by atoms with Crippen LogP contribution in [0.1, 0.15) is 25.7 Å². The van der Waals surface area contributed by atoms with Gasteiger partial charge in [0.15, 0.2) is 5.16 Å². The van der Waals surface area contributed by atoms with Crippen molar-refractivity contribution in [1.82, 2.24) is 14.9 Å². The van der Waals surface area contributed by atoms with Gasteiger partial charge in [0, 0.05) is 16.9 Å². The van der Waals surface area contributed by atoms with Crippen LogP contribution in [-0.4, -0.2) is 40.3 Å². The van der Waals surface area contributed by atoms with Crippen LogP contribution >= 0.6 is 36.6 Å². The number of rotatable bonds is 7. The molecule has 1 aliphatic heterocycles. The summed E-state index contributed by atoms with van der Waals surface area (Å²) in [5, 5.41) is 1.02. The summed E-state index contributed by atoms with van der Waals surface area (Å²) in [7, 11) is 0. The van der Waals surface area contributed by atoms with E-state index >= 15 is 0 Å². The highest BCUT2D eigenvalue weighted by atomic mass is 35.5. The maximum absolute atomic E-state index is 4.93. The van der Waals surface area contributed by atoms with E-state index in [2.05, 4.69) is 70.5 Å². The van der Waals surface area contributed by atoms with Crippen LogP contribution in [0.15, 0.2) is 65.8 Å². The summed E-state index contributed by atoms with van der Waals surface area (Å²) >= 11 is 1.84. The third-order valence-corrected chi connectivity index (χ3v) is 6.06. The lowest BCUT2D eigenvalue weighted by Crippen LogP contribution is -2.30. The van der Waals surface area contributed by atoms with Crippen molar-refractivity contribution >= 4 is 36.6 Å². The molecule has 0 amide bonds. The molecule has 6 heteroatoms. The van der Waals surface area contributed by atoms with Crippen LogP contribution in [0.5, 0.6) is 0 Å². The van der Waals surface area contributed by atoms with Crippen molar-refractivity contribution in [3.05, 3.63) is 60.7 Å². The highest BCUT2D eigenvalue weighted by molar-refractivity contribution is 7.99. The van der Waals surface area contributed by atoms with Crippen molar-refractivity contribution in [1.29, 1.82) is 0 Å². The smallest absolute Gasteiger partial charge is 0.166 e. The molecule has 1 fully saturated rings. The monoisotopic (exact) mass is 449 g/mol. The van der Waals surface area contributed by atoms with Gasteiger partial charge in [-0.15, -0.1) is 24.8 Å². The lowest BCUT2D eigenvalue weighted by Gasteiger charge is -2.26. The molecule has 1 aromatic heterocycles. The number of thioether (sulfide) groups is 1. The SMILES string of the molecule is Cl.Cl.c1ccc(-c2nc(SCCCN3CCCCC3)[nH]c2-c2ccccc2)cc1. The van der Waals surface area contributed by atoms with Crippen molar-refractivity contribution in [3.63, 3.8) is 0 Å². The van der Waals surface area contributed by atoms with Crippen molar-refractivity contribution in [2.75, 3.05) is 25.4 Å². The van der Waals surface area contributed by atoms with E-state index in [1.165, 1.54) is 50.9 Å². The molecule has 3 aromatic rings. The van der Waals surface area contributed by atoms with Gasteiger partial charge >= 0.3 is 0 Å². The molecular formula is C23H29Cl2N3S. The standard InChI is InChI=1S/C23H27N3S.2ClH/c1-4-11-19(12-5-1)21-22(20-13-6-2-7-14-20)25-23(24-21)27-18-10-17-26-15-8-3-9-16-26;;/h1-2,4-7,11-14H,3,8-10,15-18H2,(H,24,25);2*1H. The number of piperidine rings is 1. The van der Waals surface area contributed by atoms with E-state index in [1.807, 2.05) is 11.8 Å². The van der Waals surface area contributed by atoms with E-state index in [4.69, 9.17) is 4.98 Å². The molecule has 1 saturated heterocycles. The lowest BCUT2D eigenvalue weighted by molar-refractivity contribution is 0.230. The number of aromatic nitrogens is 2. The van der Waals surface area contributed by atoms with E-state index in [1.54, 1.807) is 0 Å². The van der Waals surface area contributed by atoms with Crippen molar-refractivity contribution in [3.8, 4) is 22.5 Å². The summed E-state index contributed by atoms with van der Waals surface area (Å²) in [6.45, 7) is 3.77. The minimum absolute atomic E-state index is 0. The van der Waals surface area contributed by atoms with Gasteiger partial charge in [-0.3, -0.25) is 0 Å². The molecule has 1 aliphatic rings. The molecule has 0 spiro atoms. The molecule has 156 valence electrons. The van der Waals surface area contributed by atoms with E-state index in [0.29, 0.717) is 0 Å². The second-order valence-corrected chi connectivity index (χ2v) is 8.19. The fraction of sp³-hybridized carbons (Fsp3) is 0.348. The summed E-state index contributed by atoms with van der Waals surface area (Å²) in [6, 6.07) is 21.0. The fourth-order valence-corrected chi connectivity index (χ4v) is 4.48. The molecule has 0 bridgehead atoms. The molecule has 2 heterocycles. The normalized spacial score (nSPS) is 14.1. The molecule has 4 rings (SSSR count). The van der Waals surface area contributed by atoms with Crippen LogP contribution in [0.3, 0.4) is 0 Å². The number of aromatic amines is 1. The maximum Gasteiger partial charge on any atom is 0.166 e. The Morgan fingerprint density at radius 3 is 2.10 bits per heavy atom. The number of halogens is 2. The first kappa shape index (κ1) is 23.8. The van der Waals surface area contributed by atoms with Gasteiger partial charge in [-0.25, -0.2) is 4.98 Å². The largest absolute Gasteiger partial charge is 0.332 e. The van der Waals surface area contributed by atoms with Gasteiger partial charge in [0.2, 0.25) is 0 Å². The number of benzene rings is 2. The zero-order valence-corrected chi connectivity index (χ0v) is 19.0. The predicted molar refractivity (Wildman–Crippen MR) is 130 cm³/mol. The highest BCUT2D eigenvalue weighted by Gasteiger charge is 2.14. The molecule has 29 heavy (non-hydrogen) atoms. The summed E-state index contributed by atoms with van der Waals surface area (Å²) in [6.07, 6.45) is 5.35. The Bertz CT molecular complexity index is 777. The van der Waals surface area contributed by atoms with Crippen molar-refractivity contribution in [2.45, 2.75) is 30.8 Å². The van der Waals surface area contributed by atoms with Crippen molar-refractivity contribution in [2.24, 2.45) is 0 Å². The number of hydrogen-bond acceptors (Lipinski definition) is 3. The Kier molecular flexibility index (Phi) is 10.1. The van der Waals surface area contributed by atoms with E-state index in [-0.39, 0.29) is 24.8 Å². The van der Waals surface area contributed by atoms with Gasteiger partial charge in [0.05, 0.1) is 11.4 Å². The molecule has 0 atom stereocenters. The molecular weight excluding hydrogens is 421 g/mol. The number of nitrogens with zero attached hydrogens (tertiary/aromatic N) is 2. The molecule has 2 aromatic carbocycles. The number of H-pyrrole nitrogens is 1. The number of hydrogen-bond donors (Lipinski definition) is 1. The van der Waals surface area contributed by atoms with Crippen LogP contribution in [-0.2, 0) is 0 Å². The Balaban J connectivity index is 0.00000150. The first-order valence-corrected chi connectivity index (χ1v) is 10.9. The third-order valence-electron chi connectivity index (χ3n) is 5.10. The van der Waals surface area contributed by atoms with Gasteiger partial charge < -0.3 is 9.88 Å². The summed E-state index contributed by atoms with van der Waals surface area (Å²) < 4.78 is 0. The minimum atomic E-state index is 0. The second kappa shape index (κ2) is 12.3. The number of nitrogens with one attached hydrogen (secondary N) is 1. The van der Waals surface area contributed by atoms with Gasteiger partial charge in [-0.1, -0.05) is 78.8 Å². The lowest BCUT2D eigenvalue weighted by atomic mass is 10.1. The number of likely N-dealkylation sites (tertiary alicyclic amines) is 1. The van der Waals surface area contributed by atoms with Crippen molar-refractivity contribution < 1.29 is 0 Å². The van der Waals surface area contributed by atoms with Gasteiger partial charge in [0.25, 0.3) is 0 Å². The second-order valence-electron chi connectivity index (χ2n) is 7.10. The van der Waals surface area contributed by atoms with Gasteiger partial charge in [-0.05, 0) is 38.9 Å². The summed E-state index contributed by atoms with van der Waals surface area (Å²) in [4.78, 5) is 11.1. The summed E-state index contributed by atoms with van der Waals surface area (Å²) in [5.74, 6) is 1.10. The Hall–Kier alpha value is -1.46. The maximum atomic E-state index is 4.93. The average molecular weight is 450 g/mol. The zero-order chi connectivity index (χ0) is 18.3. The van der Waals surface area contributed by atoms with E-state index in [9.17, 15) is 0 Å². The van der Waals surface area contributed by atoms with Crippen LogP contribution < -0.4 is 0 Å². The van der Waals surface area contributed by atoms with Crippen LogP contribution in [0.25, 0.3) is 22.5 Å². The minimum Gasteiger partial charge on any atom is -0.332 e. The first-order chi connectivity index (χ1) is 13.4. The van der Waals surface area contributed by atoms with Crippen LogP contribution in [0.4, 0.5) is 0 Å². The predicted octanol–water partition coefficient (Wildman–Crippen LogP) is 6.56. The Labute approximate surface area is 190 Å². The molecule has 0 saturated carbocycles. The Morgan fingerprint density at radius 2 is 1.45 bits per heavy atom. The summed E-state index contributed by atoms with van der Waals surface area (Å²) in [5.41, 5.74) is 4.50. The van der Waals surface area contributed by atoms with Gasteiger partial charge in [-0.2, -0.15) is 0 Å². The van der Waals surface area contributed by atoms with Crippen LogP contribution in [0.2, 0.25) is 0 Å². The molecule has 3 nitrogen and oxygen atoms in total. The fourth-order valence-electron chi connectivity index (χ4n) is 3.68. The average Bonchev–Trinajstić information content (AvgIpc) is 3.18. The third kappa shape index (κ3) is 6.51. The van der Waals surface area contributed by atoms with E-state index in [0.717, 1.165) is 27.9 Å². The van der Waals surface area contributed by atoms with Crippen LogP contribution in [0, 0.1) is 0 Å². The zero-order valence-electron chi connectivity index (χ0n) is 16.5. The highest BCUT2D eigenvalue weighted by Crippen LogP contribution is 2.32. The number of imidazole rings is 1. The molecule has 0 radical (unpaired) electrons. The molecule has 1 N–H and O–H groups in total. The van der Waals surface area contributed by atoms with Gasteiger partial charge in [0.1, 0.15) is 0 Å².